The van der Waals surface area contributed by atoms with E-state index in [9.17, 15) is 13.6 Å². The van der Waals surface area contributed by atoms with Crippen molar-refractivity contribution < 1.29 is 13.6 Å². The molecule has 1 amide bonds. The van der Waals surface area contributed by atoms with Gasteiger partial charge in [-0.3, -0.25) is 4.79 Å². The molecule has 0 atom stereocenters. The molecule has 3 aromatic rings. The fraction of sp³-hybridized carbons (Fsp3) is 0.111. The van der Waals surface area contributed by atoms with E-state index in [1.54, 1.807) is 28.9 Å². The highest BCUT2D eigenvalue weighted by molar-refractivity contribution is 9.10. The molecule has 2 aromatic carbocycles. The van der Waals surface area contributed by atoms with Crippen LogP contribution in [-0.2, 0) is 0 Å². The van der Waals surface area contributed by atoms with Crippen LogP contribution in [0.1, 0.15) is 21.7 Å². The number of hydrogen-bond donors (Lipinski definition) is 1. The Morgan fingerprint density at radius 1 is 1.12 bits per heavy atom. The Morgan fingerprint density at radius 3 is 2.40 bits per heavy atom. The smallest absolute Gasteiger partial charge is 0.258 e. The molecule has 128 valence electrons. The fourth-order valence-electron chi connectivity index (χ4n) is 2.44. The van der Waals surface area contributed by atoms with Crippen LogP contribution in [0.5, 0.6) is 0 Å². The summed E-state index contributed by atoms with van der Waals surface area (Å²) in [6, 6.07) is 10.4. The van der Waals surface area contributed by atoms with Gasteiger partial charge in [-0.1, -0.05) is 6.07 Å². The first kappa shape index (κ1) is 17.3. The van der Waals surface area contributed by atoms with Gasteiger partial charge in [0, 0.05) is 5.69 Å². The molecular formula is C18H14BrF2N3O. The second-order valence-corrected chi connectivity index (χ2v) is 6.29. The van der Waals surface area contributed by atoms with Crippen molar-refractivity contribution in [3.05, 3.63) is 75.5 Å². The largest absolute Gasteiger partial charge is 0.322 e. The zero-order valence-electron chi connectivity index (χ0n) is 13.5. The summed E-state index contributed by atoms with van der Waals surface area (Å²) in [6.45, 7) is 3.84. The summed E-state index contributed by atoms with van der Waals surface area (Å²) < 4.78 is 29.6. The number of halogens is 3. The minimum atomic E-state index is -1.16. The van der Waals surface area contributed by atoms with E-state index < -0.39 is 17.5 Å². The minimum absolute atomic E-state index is 0.341. The maximum atomic E-state index is 13.7. The molecule has 0 radical (unpaired) electrons. The summed E-state index contributed by atoms with van der Waals surface area (Å²) in [5.41, 5.74) is 2.78. The van der Waals surface area contributed by atoms with Crippen LogP contribution in [0, 0.1) is 25.5 Å². The molecule has 1 heterocycles. The minimum Gasteiger partial charge on any atom is -0.322 e. The lowest BCUT2D eigenvalue weighted by Crippen LogP contribution is -2.14. The number of aromatic nitrogens is 2. The second kappa shape index (κ2) is 6.76. The highest BCUT2D eigenvalue weighted by atomic mass is 79.9. The van der Waals surface area contributed by atoms with Gasteiger partial charge < -0.3 is 5.32 Å². The highest BCUT2D eigenvalue weighted by Gasteiger charge is 2.15. The van der Waals surface area contributed by atoms with E-state index in [1.807, 2.05) is 13.8 Å². The molecule has 4 nitrogen and oxygen atoms in total. The quantitative estimate of drug-likeness (QED) is 0.681. The molecule has 0 bridgehead atoms. The standard InChI is InChI=1S/C18H14BrF2N3O/c1-10-16(19)11(2)24(23-10)13-8-6-12(7-9-13)22-18(25)14-4-3-5-15(20)17(14)21/h3-9H,1-2H3,(H,22,25). The van der Waals surface area contributed by atoms with Crippen LogP contribution in [-0.4, -0.2) is 15.7 Å². The van der Waals surface area contributed by atoms with Gasteiger partial charge in [0.25, 0.3) is 5.91 Å². The molecule has 0 spiro atoms. The van der Waals surface area contributed by atoms with Crippen molar-refractivity contribution in [3.63, 3.8) is 0 Å². The molecule has 0 aliphatic heterocycles. The van der Waals surface area contributed by atoms with Crippen LogP contribution < -0.4 is 5.32 Å². The number of benzene rings is 2. The van der Waals surface area contributed by atoms with Crippen molar-refractivity contribution in [3.8, 4) is 5.69 Å². The Hall–Kier alpha value is -2.54. The topological polar surface area (TPSA) is 46.9 Å². The van der Waals surface area contributed by atoms with Crippen LogP contribution in [0.3, 0.4) is 0 Å². The van der Waals surface area contributed by atoms with E-state index in [0.29, 0.717) is 5.69 Å². The van der Waals surface area contributed by atoms with Crippen LogP contribution in [0.2, 0.25) is 0 Å². The number of nitrogens with zero attached hydrogens (tertiary/aromatic N) is 2. The van der Waals surface area contributed by atoms with Crippen molar-refractivity contribution in [2.24, 2.45) is 0 Å². The molecule has 0 aliphatic carbocycles. The first-order valence-corrected chi connectivity index (χ1v) is 8.25. The summed E-state index contributed by atoms with van der Waals surface area (Å²) in [5.74, 6) is -2.93. The summed E-state index contributed by atoms with van der Waals surface area (Å²) in [4.78, 5) is 12.1. The molecule has 25 heavy (non-hydrogen) atoms. The highest BCUT2D eigenvalue weighted by Crippen LogP contribution is 2.24. The van der Waals surface area contributed by atoms with E-state index in [4.69, 9.17) is 0 Å². The van der Waals surface area contributed by atoms with Crippen molar-refractivity contribution in [1.82, 2.24) is 9.78 Å². The Morgan fingerprint density at radius 2 is 1.80 bits per heavy atom. The van der Waals surface area contributed by atoms with Gasteiger partial charge in [0.05, 0.1) is 27.1 Å². The number of hydrogen-bond acceptors (Lipinski definition) is 2. The van der Waals surface area contributed by atoms with Gasteiger partial charge in [0.2, 0.25) is 0 Å². The van der Waals surface area contributed by atoms with Gasteiger partial charge in [0.1, 0.15) is 0 Å². The lowest BCUT2D eigenvalue weighted by molar-refractivity contribution is 0.102. The summed E-state index contributed by atoms with van der Waals surface area (Å²) >= 11 is 3.48. The third-order valence-electron chi connectivity index (χ3n) is 3.77. The zero-order valence-corrected chi connectivity index (χ0v) is 15.1. The van der Waals surface area contributed by atoms with Crippen molar-refractivity contribution in [2.45, 2.75) is 13.8 Å². The van der Waals surface area contributed by atoms with Crippen LogP contribution in [0.25, 0.3) is 5.69 Å². The van der Waals surface area contributed by atoms with Crippen molar-refractivity contribution in [1.29, 1.82) is 0 Å². The monoisotopic (exact) mass is 405 g/mol. The summed E-state index contributed by atoms with van der Waals surface area (Å²) in [7, 11) is 0. The van der Waals surface area contributed by atoms with Crippen LogP contribution >= 0.6 is 15.9 Å². The average Bonchev–Trinajstić information content (AvgIpc) is 2.85. The third kappa shape index (κ3) is 3.32. The molecule has 0 saturated carbocycles. The molecule has 3 rings (SSSR count). The molecule has 1 N–H and O–H groups in total. The molecule has 1 aromatic heterocycles. The molecule has 0 unspecified atom stereocenters. The number of nitrogens with one attached hydrogen (secondary N) is 1. The molecule has 7 heteroatoms. The molecular weight excluding hydrogens is 392 g/mol. The number of carbonyl (C=O) groups is 1. The normalized spacial score (nSPS) is 10.8. The van der Waals surface area contributed by atoms with E-state index >= 15 is 0 Å². The zero-order chi connectivity index (χ0) is 18.1. The van der Waals surface area contributed by atoms with E-state index in [2.05, 4.69) is 26.3 Å². The Kier molecular flexibility index (Phi) is 4.67. The van der Waals surface area contributed by atoms with E-state index in [1.165, 1.54) is 12.1 Å². The third-order valence-corrected chi connectivity index (χ3v) is 4.92. The lowest BCUT2D eigenvalue weighted by atomic mass is 10.2. The number of rotatable bonds is 3. The van der Waals surface area contributed by atoms with Gasteiger partial charge in [-0.15, -0.1) is 0 Å². The second-order valence-electron chi connectivity index (χ2n) is 5.50. The average molecular weight is 406 g/mol. The van der Waals surface area contributed by atoms with Gasteiger partial charge >= 0.3 is 0 Å². The van der Waals surface area contributed by atoms with Crippen molar-refractivity contribution >= 4 is 27.5 Å². The predicted molar refractivity (Wildman–Crippen MR) is 95.0 cm³/mol. The molecule has 0 saturated heterocycles. The SMILES string of the molecule is Cc1nn(-c2ccc(NC(=O)c3cccc(F)c3F)cc2)c(C)c1Br. The fourth-order valence-corrected chi connectivity index (χ4v) is 2.69. The van der Waals surface area contributed by atoms with Gasteiger partial charge in [-0.25, -0.2) is 13.5 Å². The first-order chi connectivity index (χ1) is 11.9. The number of aryl methyl sites for hydroxylation is 1. The van der Waals surface area contributed by atoms with Crippen LogP contribution in [0.4, 0.5) is 14.5 Å². The summed E-state index contributed by atoms with van der Waals surface area (Å²) in [6.07, 6.45) is 0. The predicted octanol–water partition coefficient (Wildman–Crippen LogP) is 4.78. The lowest BCUT2D eigenvalue weighted by Gasteiger charge is -2.09. The number of carbonyl (C=O) groups excluding carboxylic acids is 1. The van der Waals surface area contributed by atoms with E-state index in [0.717, 1.165) is 27.6 Å². The Bertz CT molecular complexity index is 952. The maximum Gasteiger partial charge on any atom is 0.258 e. The van der Waals surface area contributed by atoms with E-state index in [-0.39, 0.29) is 5.56 Å². The van der Waals surface area contributed by atoms with Gasteiger partial charge in [-0.05, 0) is 66.2 Å². The molecule has 0 aliphatic rings. The number of anilines is 1. The Labute approximate surface area is 151 Å². The number of amides is 1. The first-order valence-electron chi connectivity index (χ1n) is 7.46. The molecule has 0 fully saturated rings. The van der Waals surface area contributed by atoms with Gasteiger partial charge in [-0.2, -0.15) is 5.10 Å². The van der Waals surface area contributed by atoms with Crippen molar-refractivity contribution in [2.75, 3.05) is 5.32 Å². The van der Waals surface area contributed by atoms with Crippen LogP contribution in [0.15, 0.2) is 46.9 Å². The maximum absolute atomic E-state index is 13.7. The Balaban J connectivity index is 1.82. The summed E-state index contributed by atoms with van der Waals surface area (Å²) in [5, 5.41) is 6.98. The van der Waals surface area contributed by atoms with Gasteiger partial charge in [0.15, 0.2) is 11.6 Å².